The van der Waals surface area contributed by atoms with Gasteiger partial charge in [-0.25, -0.2) is 4.39 Å². The van der Waals surface area contributed by atoms with Gasteiger partial charge in [-0.05, 0) is 19.4 Å². The van der Waals surface area contributed by atoms with E-state index < -0.39 is 5.82 Å². The Hall–Kier alpha value is -2.03. The van der Waals surface area contributed by atoms with Crippen molar-refractivity contribution in [2.24, 2.45) is 7.05 Å². The molecule has 0 bridgehead atoms. The van der Waals surface area contributed by atoms with Crippen molar-refractivity contribution in [2.75, 3.05) is 0 Å². The Morgan fingerprint density at radius 1 is 1.50 bits per heavy atom. The van der Waals surface area contributed by atoms with E-state index >= 15 is 0 Å². The minimum Gasteiger partial charge on any atom is -0.506 e. The van der Waals surface area contributed by atoms with Gasteiger partial charge in [-0.2, -0.15) is 10.4 Å². The first-order chi connectivity index (χ1) is 10.4. The van der Waals surface area contributed by atoms with Crippen molar-refractivity contribution in [1.29, 1.82) is 5.26 Å². The van der Waals surface area contributed by atoms with Crippen molar-refractivity contribution in [3.63, 3.8) is 0 Å². The number of nitrogens with zero attached hydrogens (tertiary/aromatic N) is 3. The lowest BCUT2D eigenvalue weighted by Crippen LogP contribution is -1.97. The first kappa shape index (κ1) is 16.3. The Balaban J connectivity index is 2.80. The molecule has 0 aliphatic rings. The molecule has 7 heteroatoms. The highest BCUT2D eigenvalue weighted by Crippen LogP contribution is 2.41. The molecule has 0 atom stereocenters. The molecular formula is C15H12Cl2FN3O. The standard InChI is InChI=1S/C15H12Cl2FN3O/c1-3-4-5-8-12(10(18)6-9(16)15(8)22)14-13(17)11(7-19)21(2)20-14/h3-4,6,22H,5H2,1-2H3. The van der Waals surface area contributed by atoms with Crippen LogP contribution in [0.2, 0.25) is 10.0 Å². The van der Waals surface area contributed by atoms with Gasteiger partial charge in [0.2, 0.25) is 0 Å². The average Bonchev–Trinajstić information content (AvgIpc) is 2.75. The summed E-state index contributed by atoms with van der Waals surface area (Å²) in [5, 5.41) is 23.2. The highest BCUT2D eigenvalue weighted by atomic mass is 35.5. The number of aromatic nitrogens is 2. The molecule has 2 rings (SSSR count). The lowest BCUT2D eigenvalue weighted by Gasteiger charge is -2.11. The second kappa shape index (κ2) is 6.39. The summed E-state index contributed by atoms with van der Waals surface area (Å²) in [4.78, 5) is 0. The number of benzene rings is 1. The highest BCUT2D eigenvalue weighted by Gasteiger charge is 2.24. The monoisotopic (exact) mass is 339 g/mol. The van der Waals surface area contributed by atoms with Gasteiger partial charge in [-0.3, -0.25) is 4.68 Å². The summed E-state index contributed by atoms with van der Waals surface area (Å²) in [6.45, 7) is 1.80. The fourth-order valence-electron chi connectivity index (χ4n) is 2.13. The van der Waals surface area contributed by atoms with Gasteiger partial charge in [0.25, 0.3) is 0 Å². The first-order valence-corrected chi connectivity index (χ1v) is 7.11. The van der Waals surface area contributed by atoms with Gasteiger partial charge < -0.3 is 5.11 Å². The summed E-state index contributed by atoms with van der Waals surface area (Å²) >= 11 is 12.0. The van der Waals surface area contributed by atoms with Crippen molar-refractivity contribution < 1.29 is 9.50 Å². The molecule has 1 aromatic carbocycles. The Kier molecular flexibility index (Phi) is 4.74. The molecule has 4 nitrogen and oxygen atoms in total. The third-order valence-corrected chi connectivity index (χ3v) is 3.84. The van der Waals surface area contributed by atoms with E-state index in [1.165, 1.54) is 11.7 Å². The number of phenolic OH excluding ortho intramolecular Hbond substituents is 1. The smallest absolute Gasteiger partial charge is 0.157 e. The fraction of sp³-hybridized carbons (Fsp3) is 0.200. The van der Waals surface area contributed by atoms with E-state index in [4.69, 9.17) is 28.5 Å². The third kappa shape index (κ3) is 2.68. The second-order valence-electron chi connectivity index (χ2n) is 4.56. The zero-order valence-electron chi connectivity index (χ0n) is 11.9. The van der Waals surface area contributed by atoms with Gasteiger partial charge in [-0.15, -0.1) is 0 Å². The molecule has 0 unspecified atom stereocenters. The van der Waals surface area contributed by atoms with Crippen molar-refractivity contribution >= 4 is 23.2 Å². The molecule has 1 aromatic heterocycles. The van der Waals surface area contributed by atoms with Crippen LogP contribution in [0.3, 0.4) is 0 Å². The molecule has 0 spiro atoms. The highest BCUT2D eigenvalue weighted by molar-refractivity contribution is 6.34. The van der Waals surface area contributed by atoms with E-state index in [2.05, 4.69) is 5.10 Å². The lowest BCUT2D eigenvalue weighted by molar-refractivity contribution is 0.468. The van der Waals surface area contributed by atoms with E-state index in [-0.39, 0.29) is 44.7 Å². The molecule has 114 valence electrons. The van der Waals surface area contributed by atoms with Crippen LogP contribution < -0.4 is 0 Å². The van der Waals surface area contributed by atoms with Gasteiger partial charge in [-0.1, -0.05) is 35.4 Å². The number of rotatable bonds is 3. The molecule has 0 amide bonds. The topological polar surface area (TPSA) is 61.8 Å². The summed E-state index contributed by atoms with van der Waals surface area (Å²) < 4.78 is 15.7. The van der Waals surface area contributed by atoms with Crippen LogP contribution >= 0.6 is 23.2 Å². The third-order valence-electron chi connectivity index (χ3n) is 3.20. The maximum Gasteiger partial charge on any atom is 0.157 e. The summed E-state index contributed by atoms with van der Waals surface area (Å²) in [5.74, 6) is -0.886. The summed E-state index contributed by atoms with van der Waals surface area (Å²) in [5.41, 5.74) is 0.530. The Morgan fingerprint density at radius 3 is 2.73 bits per heavy atom. The van der Waals surface area contributed by atoms with Crippen LogP contribution in [0.4, 0.5) is 4.39 Å². The number of phenols is 1. The van der Waals surface area contributed by atoms with Crippen LogP contribution in [0, 0.1) is 17.1 Å². The molecule has 2 aromatic rings. The van der Waals surface area contributed by atoms with E-state index in [0.29, 0.717) is 0 Å². The first-order valence-electron chi connectivity index (χ1n) is 6.36. The number of nitriles is 1. The molecule has 1 heterocycles. The minimum atomic E-state index is -0.660. The minimum absolute atomic E-state index is 0.0346. The number of aromatic hydroxyl groups is 1. The maximum absolute atomic E-state index is 14.4. The Morgan fingerprint density at radius 2 is 2.18 bits per heavy atom. The number of hydrogen-bond donors (Lipinski definition) is 1. The van der Waals surface area contributed by atoms with Crippen molar-refractivity contribution in [3.05, 3.63) is 45.3 Å². The van der Waals surface area contributed by atoms with E-state index in [1.54, 1.807) is 19.1 Å². The molecular weight excluding hydrogens is 328 g/mol. The summed E-state index contributed by atoms with van der Waals surface area (Å²) in [6, 6.07) is 2.91. The SMILES string of the molecule is CC=CCc1c(O)c(Cl)cc(F)c1-c1nn(C)c(C#N)c1Cl. The summed E-state index contributed by atoms with van der Waals surface area (Å²) in [7, 11) is 1.53. The van der Waals surface area contributed by atoms with Crippen LogP contribution in [0.25, 0.3) is 11.3 Å². The Bertz CT molecular complexity index is 806. The van der Waals surface area contributed by atoms with Gasteiger partial charge in [0.1, 0.15) is 28.4 Å². The van der Waals surface area contributed by atoms with E-state index in [1.807, 2.05) is 6.07 Å². The van der Waals surface area contributed by atoms with Gasteiger partial charge >= 0.3 is 0 Å². The van der Waals surface area contributed by atoms with Crippen LogP contribution in [-0.4, -0.2) is 14.9 Å². The van der Waals surface area contributed by atoms with Crippen molar-refractivity contribution in [3.8, 4) is 23.1 Å². The zero-order chi connectivity index (χ0) is 16.4. The molecule has 0 fully saturated rings. The molecule has 22 heavy (non-hydrogen) atoms. The van der Waals surface area contributed by atoms with Gasteiger partial charge in [0, 0.05) is 18.2 Å². The van der Waals surface area contributed by atoms with Crippen LogP contribution in [0.15, 0.2) is 18.2 Å². The van der Waals surface area contributed by atoms with E-state index in [9.17, 15) is 9.50 Å². The molecule has 0 saturated carbocycles. The second-order valence-corrected chi connectivity index (χ2v) is 5.35. The fourth-order valence-corrected chi connectivity index (χ4v) is 2.63. The van der Waals surface area contributed by atoms with Crippen molar-refractivity contribution in [2.45, 2.75) is 13.3 Å². The molecule has 0 aliphatic heterocycles. The average molecular weight is 340 g/mol. The molecule has 0 saturated heterocycles. The lowest BCUT2D eigenvalue weighted by atomic mass is 9.99. The molecule has 1 N–H and O–H groups in total. The van der Waals surface area contributed by atoms with Gasteiger partial charge in [0.05, 0.1) is 5.02 Å². The number of hydrogen-bond acceptors (Lipinski definition) is 3. The van der Waals surface area contributed by atoms with Crippen LogP contribution in [-0.2, 0) is 13.5 Å². The normalized spacial score (nSPS) is 11.1. The zero-order valence-corrected chi connectivity index (χ0v) is 13.4. The predicted octanol–water partition coefficient (Wildman–Crippen LogP) is 4.23. The molecule has 0 aliphatic carbocycles. The Labute approximate surface area is 137 Å². The van der Waals surface area contributed by atoms with E-state index in [0.717, 1.165) is 6.07 Å². The van der Waals surface area contributed by atoms with Crippen LogP contribution in [0.5, 0.6) is 5.75 Å². The predicted molar refractivity (Wildman–Crippen MR) is 83.5 cm³/mol. The van der Waals surface area contributed by atoms with Crippen LogP contribution in [0.1, 0.15) is 18.2 Å². The largest absolute Gasteiger partial charge is 0.506 e. The number of aryl methyl sites for hydroxylation is 1. The number of allylic oxidation sites excluding steroid dienone is 2. The van der Waals surface area contributed by atoms with Gasteiger partial charge in [0.15, 0.2) is 5.69 Å². The number of halogens is 3. The molecule has 0 radical (unpaired) electrons. The summed E-state index contributed by atoms with van der Waals surface area (Å²) in [6.07, 6.45) is 3.77. The van der Waals surface area contributed by atoms with Crippen molar-refractivity contribution in [1.82, 2.24) is 9.78 Å². The maximum atomic E-state index is 14.4. The quantitative estimate of drug-likeness (QED) is 0.851.